The van der Waals surface area contributed by atoms with Crippen molar-refractivity contribution >= 4 is 17.5 Å². The number of nitrogens with one attached hydrogen (secondary N) is 2. The maximum Gasteiger partial charge on any atom is 0.330 e. The van der Waals surface area contributed by atoms with E-state index in [1.54, 1.807) is 0 Å². The number of phenolic OH excluding ortho intramolecular Hbond substituents is 1. The minimum absolute atomic E-state index is 0.124. The zero-order valence-corrected chi connectivity index (χ0v) is 20.2. The van der Waals surface area contributed by atoms with Crippen molar-refractivity contribution in [3.63, 3.8) is 0 Å². The maximum absolute atomic E-state index is 12.7. The summed E-state index contributed by atoms with van der Waals surface area (Å²) in [6, 6.07) is 6.59. The van der Waals surface area contributed by atoms with E-state index < -0.39 is 78.0 Å². The molecule has 210 valence electrons. The van der Waals surface area contributed by atoms with Crippen LogP contribution in [0.15, 0.2) is 58.0 Å². The molecule has 0 unspecified atom stereocenters. The van der Waals surface area contributed by atoms with Crippen LogP contribution in [0.4, 0.5) is 5.69 Å². The molecule has 4 rings (SSSR count). The number of aromatic hydroxyl groups is 1. The van der Waals surface area contributed by atoms with Gasteiger partial charge < -0.3 is 50.4 Å². The number of anilines is 1. The molecular formula is C23H26N4O12. The lowest BCUT2D eigenvalue weighted by Gasteiger charge is -2.35. The highest BCUT2D eigenvalue weighted by atomic mass is 16.7. The molecule has 0 spiro atoms. The van der Waals surface area contributed by atoms with Gasteiger partial charge in [0.1, 0.15) is 36.3 Å². The van der Waals surface area contributed by atoms with E-state index in [2.05, 4.69) is 5.32 Å². The van der Waals surface area contributed by atoms with Crippen LogP contribution in [-0.4, -0.2) is 91.8 Å². The first kappa shape index (κ1) is 28.0. The molecule has 8 N–H and O–H groups in total. The number of aromatic amines is 1. The number of ether oxygens (including phenoxy) is 4. The molecule has 8 atom stereocenters. The van der Waals surface area contributed by atoms with Gasteiger partial charge in [-0.2, -0.15) is 0 Å². The average molecular weight is 550 g/mol. The fourth-order valence-corrected chi connectivity index (χ4v) is 4.16. The minimum atomic E-state index is -1.83. The van der Waals surface area contributed by atoms with Crippen LogP contribution >= 0.6 is 0 Å². The number of hydrogen-bond donors (Lipinski definition) is 7. The van der Waals surface area contributed by atoms with E-state index in [0.717, 1.165) is 22.9 Å². The van der Waals surface area contributed by atoms with Crippen LogP contribution in [0.2, 0.25) is 0 Å². The average Bonchev–Trinajstić information content (AvgIpc) is 3.19. The lowest BCUT2D eigenvalue weighted by molar-refractivity contribution is -0.241. The number of hydrogen-bond acceptors (Lipinski definition) is 12. The number of primary amides is 1. The predicted octanol–water partition coefficient (Wildman–Crippen LogP) is -3.01. The van der Waals surface area contributed by atoms with Crippen LogP contribution < -0.4 is 22.3 Å². The summed E-state index contributed by atoms with van der Waals surface area (Å²) in [4.78, 5) is 50.7. The summed E-state index contributed by atoms with van der Waals surface area (Å²) in [5.74, 6) is -2.65. The number of nitrogens with two attached hydrogens (primary N) is 1. The quantitative estimate of drug-likeness (QED) is 0.174. The Labute approximate surface area is 218 Å². The fraction of sp³-hybridized carbons (Fsp3) is 0.391. The molecule has 2 amide bonds. The molecule has 3 heterocycles. The van der Waals surface area contributed by atoms with E-state index in [4.69, 9.17) is 24.7 Å². The summed E-state index contributed by atoms with van der Waals surface area (Å²) in [5.41, 5.74) is 4.09. The van der Waals surface area contributed by atoms with E-state index in [1.807, 2.05) is 4.98 Å². The molecule has 16 nitrogen and oxygen atoms in total. The van der Waals surface area contributed by atoms with Crippen molar-refractivity contribution in [2.24, 2.45) is 5.73 Å². The summed E-state index contributed by atoms with van der Waals surface area (Å²) in [6.07, 6.45) is -10.9. The zero-order chi connectivity index (χ0) is 28.4. The monoisotopic (exact) mass is 550 g/mol. The number of aliphatic hydroxyl groups excluding tert-OH is 3. The van der Waals surface area contributed by atoms with E-state index in [9.17, 15) is 39.6 Å². The van der Waals surface area contributed by atoms with Crippen molar-refractivity contribution in [1.29, 1.82) is 0 Å². The standard InChI is InChI=1S/C23H26N4O12/c1-36-16-15(32)21(27-6-5-13(30)26-23(27)35)38-17(16)18(19(24)33)39-22-14(31)11(29)8-12(37-22)20(34)25-9-3-2-4-10(28)7-9/h2-8,11,14-18,21-22,28-29,31-32H,1H3,(H2,24,33)(H,25,34)(H,26,30,35)/t11-,14-,15+,16-,17-,18+,21+,22+/m0/s1. The Morgan fingerprint density at radius 3 is 2.56 bits per heavy atom. The molecule has 39 heavy (non-hydrogen) atoms. The van der Waals surface area contributed by atoms with Crippen molar-refractivity contribution in [2.45, 2.75) is 49.1 Å². The van der Waals surface area contributed by atoms with Gasteiger partial charge in [-0.1, -0.05) is 6.07 Å². The van der Waals surface area contributed by atoms with Gasteiger partial charge in [0.15, 0.2) is 18.1 Å². The normalized spacial score (nSPS) is 29.2. The number of rotatable bonds is 8. The number of carbonyl (C=O) groups is 2. The predicted molar refractivity (Wildman–Crippen MR) is 128 cm³/mol. The van der Waals surface area contributed by atoms with Crippen molar-refractivity contribution in [1.82, 2.24) is 9.55 Å². The highest BCUT2D eigenvalue weighted by Gasteiger charge is 2.52. The molecule has 2 aromatic rings. The Kier molecular flexibility index (Phi) is 8.14. The molecule has 2 aliphatic rings. The van der Waals surface area contributed by atoms with Crippen molar-refractivity contribution in [3.8, 4) is 5.75 Å². The second kappa shape index (κ2) is 11.4. The smallest absolute Gasteiger partial charge is 0.330 e. The lowest BCUT2D eigenvalue weighted by Crippen LogP contribution is -2.53. The van der Waals surface area contributed by atoms with E-state index in [0.29, 0.717) is 0 Å². The van der Waals surface area contributed by atoms with E-state index in [1.165, 1.54) is 31.4 Å². The van der Waals surface area contributed by atoms with Gasteiger partial charge in [0, 0.05) is 31.1 Å². The van der Waals surface area contributed by atoms with Gasteiger partial charge in [-0.25, -0.2) is 4.79 Å². The number of aliphatic hydroxyl groups is 3. The third-order valence-corrected chi connectivity index (χ3v) is 6.03. The maximum atomic E-state index is 12.7. The topological polar surface area (TPSA) is 245 Å². The second-order valence-electron chi connectivity index (χ2n) is 8.66. The summed E-state index contributed by atoms with van der Waals surface area (Å²) >= 11 is 0. The number of phenols is 1. The van der Waals surface area contributed by atoms with Gasteiger partial charge >= 0.3 is 5.69 Å². The molecule has 0 bridgehead atoms. The number of aromatic nitrogens is 2. The zero-order valence-electron chi connectivity index (χ0n) is 20.2. The molecule has 0 saturated carbocycles. The molecule has 1 fully saturated rings. The number of carbonyl (C=O) groups excluding carboxylic acids is 2. The molecule has 1 aromatic carbocycles. The van der Waals surface area contributed by atoms with Crippen molar-refractivity contribution in [2.75, 3.05) is 12.4 Å². The third kappa shape index (κ3) is 5.85. The molecule has 0 radical (unpaired) electrons. The van der Waals surface area contributed by atoms with Crippen LogP contribution in [0.1, 0.15) is 6.23 Å². The van der Waals surface area contributed by atoms with Gasteiger partial charge in [-0.3, -0.25) is 23.9 Å². The second-order valence-corrected chi connectivity index (χ2v) is 8.66. The largest absolute Gasteiger partial charge is 0.508 e. The van der Waals surface area contributed by atoms with Crippen LogP contribution in [0.25, 0.3) is 0 Å². The summed E-state index contributed by atoms with van der Waals surface area (Å²) < 4.78 is 22.8. The number of amides is 2. The van der Waals surface area contributed by atoms with Gasteiger partial charge in [-0.15, -0.1) is 0 Å². The van der Waals surface area contributed by atoms with Crippen LogP contribution in [0.3, 0.4) is 0 Å². The van der Waals surface area contributed by atoms with E-state index in [-0.39, 0.29) is 11.4 Å². The first-order valence-electron chi connectivity index (χ1n) is 11.5. The third-order valence-electron chi connectivity index (χ3n) is 6.03. The Morgan fingerprint density at radius 2 is 1.92 bits per heavy atom. The summed E-state index contributed by atoms with van der Waals surface area (Å²) in [5, 5.41) is 43.5. The molecule has 16 heteroatoms. The first-order valence-corrected chi connectivity index (χ1v) is 11.5. The van der Waals surface area contributed by atoms with Crippen LogP contribution in [0.5, 0.6) is 5.75 Å². The summed E-state index contributed by atoms with van der Waals surface area (Å²) in [7, 11) is 1.18. The van der Waals surface area contributed by atoms with Crippen LogP contribution in [0, 0.1) is 0 Å². The summed E-state index contributed by atoms with van der Waals surface area (Å²) in [6.45, 7) is 0. The Balaban J connectivity index is 1.55. The number of H-pyrrole nitrogens is 1. The van der Waals surface area contributed by atoms with E-state index >= 15 is 0 Å². The van der Waals surface area contributed by atoms with Crippen LogP contribution in [-0.2, 0) is 28.5 Å². The SMILES string of the molecule is CO[C@H]1[C@@H](O)[C@H](n2ccc(=O)[nH]c2=O)O[C@@H]1[C@@H](O[C@H]1OC(C(=O)Nc2cccc(O)c2)=C[C@H](O)[C@@H]1O)C(N)=O. The van der Waals surface area contributed by atoms with Gasteiger partial charge in [-0.05, 0) is 18.2 Å². The fourth-order valence-electron chi connectivity index (χ4n) is 4.16. The molecule has 1 saturated heterocycles. The number of benzene rings is 1. The Morgan fingerprint density at radius 1 is 1.18 bits per heavy atom. The number of methoxy groups -OCH3 is 1. The first-order chi connectivity index (χ1) is 18.5. The molecule has 2 aliphatic heterocycles. The van der Waals surface area contributed by atoms with Gasteiger partial charge in [0.25, 0.3) is 11.5 Å². The number of nitrogens with zero attached hydrogens (tertiary/aromatic N) is 1. The molecule has 0 aliphatic carbocycles. The van der Waals surface area contributed by atoms with Crippen molar-refractivity contribution < 1.29 is 49.0 Å². The molecule has 1 aromatic heterocycles. The minimum Gasteiger partial charge on any atom is -0.508 e. The highest BCUT2D eigenvalue weighted by Crippen LogP contribution is 2.34. The van der Waals surface area contributed by atoms with Crippen molar-refractivity contribution in [3.05, 3.63) is 69.2 Å². The van der Waals surface area contributed by atoms with Gasteiger partial charge in [0.2, 0.25) is 12.2 Å². The molecular weight excluding hydrogens is 524 g/mol. The Hall–Kier alpha value is -4.06. The lowest BCUT2D eigenvalue weighted by atomic mass is 10.0. The highest BCUT2D eigenvalue weighted by molar-refractivity contribution is 6.02. The van der Waals surface area contributed by atoms with Gasteiger partial charge in [0.05, 0.1) is 0 Å². The Bertz CT molecular complexity index is 1370.